The van der Waals surface area contributed by atoms with Crippen molar-refractivity contribution in [2.24, 2.45) is 10.7 Å². The number of guanidine groups is 1. The Morgan fingerprint density at radius 3 is 2.87 bits per heavy atom. The quantitative estimate of drug-likeness (QED) is 0.560. The fourth-order valence-corrected chi connectivity index (χ4v) is 6.23. The molecule has 1 aliphatic carbocycles. The minimum atomic E-state index is -3.29. The molecule has 1 fully saturated rings. The molecule has 0 spiro atoms. The fourth-order valence-electron chi connectivity index (χ4n) is 4.12. The third kappa shape index (κ3) is 3.29. The van der Waals surface area contributed by atoms with E-state index in [0.717, 1.165) is 4.31 Å². The van der Waals surface area contributed by atoms with Gasteiger partial charge in [-0.3, -0.25) is 13.9 Å². The average molecular weight is 454 g/mol. The van der Waals surface area contributed by atoms with Crippen molar-refractivity contribution in [3.8, 4) is 0 Å². The molecule has 0 unspecified atom stereocenters. The van der Waals surface area contributed by atoms with Crippen molar-refractivity contribution < 1.29 is 18.3 Å². The van der Waals surface area contributed by atoms with E-state index in [-0.39, 0.29) is 17.2 Å². The molecule has 1 amide bonds. The lowest BCUT2D eigenvalue weighted by Gasteiger charge is -2.54. The zero-order chi connectivity index (χ0) is 21.7. The van der Waals surface area contributed by atoms with Crippen molar-refractivity contribution in [1.29, 1.82) is 0 Å². The summed E-state index contributed by atoms with van der Waals surface area (Å²) < 4.78 is 37.7. The Bertz CT molecular complexity index is 1040. The van der Waals surface area contributed by atoms with Gasteiger partial charge in [0.1, 0.15) is 17.1 Å². The molecule has 11 heteroatoms. The number of hydrogen-bond acceptors (Lipinski definition) is 7. The lowest BCUT2D eigenvalue weighted by atomic mass is 9.87. The van der Waals surface area contributed by atoms with E-state index in [1.54, 1.807) is 6.07 Å². The molecule has 30 heavy (non-hydrogen) atoms. The third-order valence-electron chi connectivity index (χ3n) is 5.63. The molecule has 0 radical (unpaired) electrons. The first-order chi connectivity index (χ1) is 14.1. The van der Waals surface area contributed by atoms with Gasteiger partial charge in [-0.2, -0.15) is 0 Å². The molecule has 2 aliphatic rings. The van der Waals surface area contributed by atoms with Crippen molar-refractivity contribution in [1.82, 2.24) is 9.29 Å². The van der Waals surface area contributed by atoms with Crippen LogP contribution in [0, 0.1) is 5.82 Å². The summed E-state index contributed by atoms with van der Waals surface area (Å²) >= 11 is 5.80. The van der Waals surface area contributed by atoms with E-state index in [1.165, 1.54) is 37.5 Å². The number of benzene rings is 1. The third-order valence-corrected chi connectivity index (χ3v) is 8.23. The molecular formula is C19H21ClFN5O3S. The van der Waals surface area contributed by atoms with Crippen LogP contribution in [0.2, 0.25) is 5.02 Å². The minimum absolute atomic E-state index is 0.0626. The number of nitrogens with one attached hydrogen (secondary N) is 1. The molecule has 0 bridgehead atoms. The molecule has 1 saturated carbocycles. The second kappa shape index (κ2) is 7.38. The maximum Gasteiger partial charge on any atom is 0.274 e. The highest BCUT2D eigenvalue weighted by Crippen LogP contribution is 2.63. The van der Waals surface area contributed by atoms with Crippen LogP contribution in [0.5, 0.6) is 0 Å². The van der Waals surface area contributed by atoms with Gasteiger partial charge in [-0.15, -0.1) is 10.8 Å². The average Bonchev–Trinajstić information content (AvgIpc) is 3.14. The lowest BCUT2D eigenvalue weighted by Crippen LogP contribution is -2.52. The van der Waals surface area contributed by atoms with Gasteiger partial charge in [0.25, 0.3) is 5.91 Å². The van der Waals surface area contributed by atoms with Gasteiger partial charge in [0.15, 0.2) is 0 Å². The highest BCUT2D eigenvalue weighted by molar-refractivity contribution is 8.23. The number of carbonyl (C=O) groups is 1. The summed E-state index contributed by atoms with van der Waals surface area (Å²) in [7, 11) is -1.83. The van der Waals surface area contributed by atoms with Crippen LogP contribution < -0.4 is 11.1 Å². The van der Waals surface area contributed by atoms with E-state index in [4.69, 9.17) is 17.3 Å². The number of nitrogens with two attached hydrogens (primary N) is 1. The molecule has 1 aromatic carbocycles. The van der Waals surface area contributed by atoms with Gasteiger partial charge in [0, 0.05) is 24.5 Å². The number of anilines is 1. The fraction of sp³-hybridized carbons (Fsp3) is 0.316. The SMILES string of the molecule is CN1C(N)=N[C@@]2(c3cc(NC(=O)c4ccc(Cl)cn4)ccc3F)CCC[C@H]2S1(O)O. The molecule has 8 nitrogen and oxygen atoms in total. The molecule has 160 valence electrons. The highest BCUT2D eigenvalue weighted by Gasteiger charge is 2.56. The highest BCUT2D eigenvalue weighted by atomic mass is 35.5. The maximum atomic E-state index is 15.0. The zero-order valence-corrected chi connectivity index (χ0v) is 17.6. The second-order valence-electron chi connectivity index (χ2n) is 7.34. The Balaban J connectivity index is 1.73. The Hall–Kier alpha value is -2.40. The van der Waals surface area contributed by atoms with Crippen molar-refractivity contribution in [2.45, 2.75) is 30.1 Å². The van der Waals surface area contributed by atoms with Crippen LogP contribution in [0.3, 0.4) is 0 Å². The normalized spacial score (nSPS) is 26.0. The Morgan fingerprint density at radius 2 is 2.17 bits per heavy atom. The summed E-state index contributed by atoms with van der Waals surface area (Å²) in [4.78, 5) is 21.0. The smallest absolute Gasteiger partial charge is 0.274 e. The molecule has 2 aromatic rings. The molecule has 1 aromatic heterocycles. The van der Waals surface area contributed by atoms with Crippen LogP contribution in [0.1, 0.15) is 35.3 Å². The molecule has 0 saturated heterocycles. The Labute approximate surface area is 179 Å². The number of nitrogens with zero attached hydrogens (tertiary/aromatic N) is 3. The molecule has 2 heterocycles. The van der Waals surface area contributed by atoms with Crippen LogP contribution in [0.25, 0.3) is 0 Å². The van der Waals surface area contributed by atoms with Crippen LogP contribution >= 0.6 is 22.4 Å². The van der Waals surface area contributed by atoms with Crippen LogP contribution in [-0.2, 0) is 5.54 Å². The van der Waals surface area contributed by atoms with Gasteiger partial charge in [0.2, 0.25) is 5.96 Å². The van der Waals surface area contributed by atoms with Crippen molar-refractivity contribution in [3.63, 3.8) is 0 Å². The first-order valence-corrected chi connectivity index (χ1v) is 11.2. The van der Waals surface area contributed by atoms with Gasteiger partial charge >= 0.3 is 0 Å². The van der Waals surface area contributed by atoms with E-state index in [2.05, 4.69) is 15.3 Å². The summed E-state index contributed by atoms with van der Waals surface area (Å²) in [5.74, 6) is -1.10. The summed E-state index contributed by atoms with van der Waals surface area (Å²) in [6.45, 7) is 0. The number of hydrogen-bond donors (Lipinski definition) is 4. The molecular weight excluding hydrogens is 433 g/mol. The van der Waals surface area contributed by atoms with Gasteiger partial charge < -0.3 is 11.1 Å². The summed E-state index contributed by atoms with van der Waals surface area (Å²) in [5.41, 5.74) is 5.40. The second-order valence-corrected chi connectivity index (χ2v) is 10.0. The molecule has 4 rings (SSSR count). The summed E-state index contributed by atoms with van der Waals surface area (Å²) in [6, 6.07) is 7.14. The maximum absolute atomic E-state index is 15.0. The van der Waals surface area contributed by atoms with Gasteiger partial charge in [-0.05, 0) is 49.6 Å². The van der Waals surface area contributed by atoms with E-state index in [0.29, 0.717) is 30.0 Å². The van der Waals surface area contributed by atoms with Gasteiger partial charge in [0.05, 0.1) is 10.3 Å². The number of aromatic nitrogens is 1. The van der Waals surface area contributed by atoms with Gasteiger partial charge in [-0.1, -0.05) is 11.6 Å². The predicted molar refractivity (Wildman–Crippen MR) is 115 cm³/mol. The summed E-state index contributed by atoms with van der Waals surface area (Å²) in [5, 5.41) is 2.38. The van der Waals surface area contributed by atoms with E-state index in [9.17, 15) is 18.3 Å². The van der Waals surface area contributed by atoms with Crippen molar-refractivity contribution in [2.75, 3.05) is 12.4 Å². The lowest BCUT2D eigenvalue weighted by molar-refractivity contribution is 0.102. The van der Waals surface area contributed by atoms with Crippen LogP contribution in [0.4, 0.5) is 10.1 Å². The zero-order valence-electron chi connectivity index (χ0n) is 16.0. The minimum Gasteiger partial charge on any atom is -0.369 e. The largest absolute Gasteiger partial charge is 0.369 e. The number of aliphatic imine (C=N–C) groups is 1. The monoisotopic (exact) mass is 453 g/mol. The predicted octanol–water partition coefficient (Wildman–Crippen LogP) is 3.80. The first kappa shape index (κ1) is 20.9. The van der Waals surface area contributed by atoms with Crippen molar-refractivity contribution in [3.05, 3.63) is 58.6 Å². The van der Waals surface area contributed by atoms with Crippen LogP contribution in [0.15, 0.2) is 41.5 Å². The number of amides is 1. The van der Waals surface area contributed by atoms with E-state index in [1.807, 2.05) is 0 Å². The topological polar surface area (TPSA) is 124 Å². The summed E-state index contributed by atoms with van der Waals surface area (Å²) in [6.07, 6.45) is 2.87. The molecule has 1 aliphatic heterocycles. The van der Waals surface area contributed by atoms with E-state index < -0.39 is 33.3 Å². The van der Waals surface area contributed by atoms with E-state index >= 15 is 0 Å². The molecule has 2 atom stereocenters. The number of halogens is 2. The number of carbonyl (C=O) groups excluding carboxylic acids is 1. The Morgan fingerprint density at radius 1 is 1.40 bits per heavy atom. The first-order valence-electron chi connectivity index (χ1n) is 9.24. The van der Waals surface area contributed by atoms with Gasteiger partial charge in [-0.25, -0.2) is 18.7 Å². The number of fused-ring (bicyclic) bond motifs is 1. The van der Waals surface area contributed by atoms with Crippen molar-refractivity contribution >= 4 is 39.9 Å². The molecule has 5 N–H and O–H groups in total. The number of rotatable bonds is 3. The standard InChI is InChI=1S/C19H21ClFN5O3S/c1-26-18(22)25-19(8-2-3-16(19)30(26,28)29)13-9-12(5-6-14(13)21)24-17(27)15-7-4-11(20)10-23-15/h4-7,9-10,16,28-29H,2-3,8H2,1H3,(H2,22,25)(H,24,27)/t16-,19-/m1/s1. The van der Waals surface area contributed by atoms with Crippen LogP contribution in [-0.4, -0.2) is 42.6 Å². The Kier molecular flexibility index (Phi) is 5.13. The number of pyridine rings is 1.